The van der Waals surface area contributed by atoms with E-state index in [2.05, 4.69) is 4.98 Å². The van der Waals surface area contributed by atoms with Crippen LogP contribution in [0.4, 0.5) is 0 Å². The maximum absolute atomic E-state index is 11.9. The molecule has 1 saturated carbocycles. The van der Waals surface area contributed by atoms with Crippen molar-refractivity contribution in [2.45, 2.75) is 32.1 Å². The van der Waals surface area contributed by atoms with Crippen molar-refractivity contribution in [3.63, 3.8) is 0 Å². The normalized spacial score (nSPS) is 16.1. The minimum Gasteiger partial charge on any atom is -0.426 e. The Kier molecular flexibility index (Phi) is 3.23. The highest BCUT2D eigenvalue weighted by Crippen LogP contribution is 2.28. The van der Waals surface area contributed by atoms with Crippen LogP contribution in [-0.4, -0.2) is 15.5 Å². The van der Waals surface area contributed by atoms with Crippen molar-refractivity contribution in [3.05, 3.63) is 24.5 Å². The van der Waals surface area contributed by atoms with Crippen molar-refractivity contribution >= 4 is 17.0 Å². The quantitative estimate of drug-likeness (QED) is 0.627. The standard InChI is InChI=1S/C15H18N2O2/c1-17-10-16-13-9-12(6-7-14(13)17)19-15(18)8-11-4-2-3-5-11/h6-7,9-11H,2-5,8H2,1H3. The van der Waals surface area contributed by atoms with Gasteiger partial charge in [-0.2, -0.15) is 0 Å². The van der Waals surface area contributed by atoms with Crippen LogP contribution >= 0.6 is 0 Å². The minimum absolute atomic E-state index is 0.123. The second kappa shape index (κ2) is 5.03. The van der Waals surface area contributed by atoms with Crippen LogP contribution < -0.4 is 4.74 Å². The van der Waals surface area contributed by atoms with E-state index in [1.54, 1.807) is 6.33 Å². The fourth-order valence-corrected chi connectivity index (χ4v) is 2.80. The number of fused-ring (bicyclic) bond motifs is 1. The highest BCUT2D eigenvalue weighted by atomic mass is 16.5. The Morgan fingerprint density at radius 2 is 2.21 bits per heavy atom. The van der Waals surface area contributed by atoms with Gasteiger partial charge < -0.3 is 9.30 Å². The van der Waals surface area contributed by atoms with Gasteiger partial charge in [0.25, 0.3) is 0 Å². The molecule has 0 bridgehead atoms. The lowest BCUT2D eigenvalue weighted by atomic mass is 10.0. The number of aryl methyl sites for hydroxylation is 1. The molecule has 0 radical (unpaired) electrons. The number of hydrogen-bond acceptors (Lipinski definition) is 3. The van der Waals surface area contributed by atoms with Crippen LogP contribution in [0.15, 0.2) is 24.5 Å². The zero-order valence-corrected chi connectivity index (χ0v) is 11.1. The van der Waals surface area contributed by atoms with Crippen molar-refractivity contribution in [1.82, 2.24) is 9.55 Å². The average Bonchev–Trinajstić information content (AvgIpc) is 3.00. The largest absolute Gasteiger partial charge is 0.426 e. The second-order valence-electron chi connectivity index (χ2n) is 5.33. The Balaban J connectivity index is 1.68. The van der Waals surface area contributed by atoms with Crippen molar-refractivity contribution in [2.24, 2.45) is 13.0 Å². The lowest BCUT2D eigenvalue weighted by Gasteiger charge is -2.08. The molecule has 4 nitrogen and oxygen atoms in total. The van der Waals surface area contributed by atoms with Gasteiger partial charge in [-0.1, -0.05) is 12.8 Å². The van der Waals surface area contributed by atoms with E-state index < -0.39 is 0 Å². The third kappa shape index (κ3) is 2.62. The summed E-state index contributed by atoms with van der Waals surface area (Å²) in [5.41, 5.74) is 1.89. The predicted molar refractivity (Wildman–Crippen MR) is 72.9 cm³/mol. The van der Waals surface area contributed by atoms with Crippen LogP contribution in [0, 0.1) is 5.92 Å². The summed E-state index contributed by atoms with van der Waals surface area (Å²) in [5.74, 6) is 0.988. The van der Waals surface area contributed by atoms with Crippen molar-refractivity contribution in [3.8, 4) is 5.75 Å². The number of esters is 1. The first-order valence-corrected chi connectivity index (χ1v) is 6.84. The van der Waals surface area contributed by atoms with Gasteiger partial charge in [-0.3, -0.25) is 4.79 Å². The van der Waals surface area contributed by atoms with Gasteiger partial charge in [0.2, 0.25) is 0 Å². The number of ether oxygens (including phenoxy) is 1. The van der Waals surface area contributed by atoms with Crippen molar-refractivity contribution in [2.75, 3.05) is 0 Å². The van der Waals surface area contributed by atoms with E-state index in [1.165, 1.54) is 12.8 Å². The first-order chi connectivity index (χ1) is 9.22. The summed E-state index contributed by atoms with van der Waals surface area (Å²) >= 11 is 0. The molecule has 0 saturated heterocycles. The fraction of sp³-hybridized carbons (Fsp3) is 0.467. The van der Waals surface area contributed by atoms with E-state index in [4.69, 9.17) is 4.74 Å². The Hall–Kier alpha value is -1.84. The Bertz CT molecular complexity index is 597. The molecular formula is C15H18N2O2. The number of imidazole rings is 1. The van der Waals surface area contributed by atoms with Crippen LogP contribution in [-0.2, 0) is 11.8 Å². The van der Waals surface area contributed by atoms with E-state index in [0.29, 0.717) is 18.1 Å². The van der Waals surface area contributed by atoms with Crippen LogP contribution in [0.3, 0.4) is 0 Å². The number of rotatable bonds is 3. The molecule has 1 fully saturated rings. The smallest absolute Gasteiger partial charge is 0.311 e. The highest BCUT2D eigenvalue weighted by molar-refractivity contribution is 5.79. The number of aromatic nitrogens is 2. The molecule has 1 aliphatic rings. The van der Waals surface area contributed by atoms with E-state index in [-0.39, 0.29) is 5.97 Å². The number of carbonyl (C=O) groups excluding carboxylic acids is 1. The SMILES string of the molecule is Cn1cnc2cc(OC(=O)CC3CCCC3)ccc21. The van der Waals surface area contributed by atoms with Crippen LogP contribution in [0.25, 0.3) is 11.0 Å². The minimum atomic E-state index is -0.123. The fourth-order valence-electron chi connectivity index (χ4n) is 2.80. The molecule has 1 heterocycles. The van der Waals surface area contributed by atoms with Gasteiger partial charge in [0.1, 0.15) is 5.75 Å². The van der Waals surface area contributed by atoms with E-state index in [9.17, 15) is 4.79 Å². The molecule has 19 heavy (non-hydrogen) atoms. The summed E-state index contributed by atoms with van der Waals surface area (Å²) < 4.78 is 7.35. The molecule has 1 aromatic heterocycles. The van der Waals surface area contributed by atoms with Gasteiger partial charge in [0.05, 0.1) is 17.4 Å². The first-order valence-electron chi connectivity index (χ1n) is 6.84. The molecule has 0 atom stereocenters. The van der Waals surface area contributed by atoms with Gasteiger partial charge in [0.15, 0.2) is 0 Å². The zero-order valence-electron chi connectivity index (χ0n) is 11.1. The van der Waals surface area contributed by atoms with E-state index >= 15 is 0 Å². The summed E-state index contributed by atoms with van der Waals surface area (Å²) in [5, 5.41) is 0. The van der Waals surface area contributed by atoms with Gasteiger partial charge >= 0.3 is 5.97 Å². The molecule has 4 heteroatoms. The molecule has 2 aromatic rings. The Labute approximate surface area is 112 Å². The lowest BCUT2D eigenvalue weighted by molar-refractivity contribution is -0.135. The maximum Gasteiger partial charge on any atom is 0.311 e. The number of nitrogens with zero attached hydrogens (tertiary/aromatic N) is 2. The third-order valence-electron chi connectivity index (χ3n) is 3.86. The van der Waals surface area contributed by atoms with Crippen molar-refractivity contribution in [1.29, 1.82) is 0 Å². The monoisotopic (exact) mass is 258 g/mol. The molecule has 1 aromatic carbocycles. The number of hydrogen-bond donors (Lipinski definition) is 0. The topological polar surface area (TPSA) is 44.1 Å². The van der Waals surface area contributed by atoms with Crippen LogP contribution in [0.1, 0.15) is 32.1 Å². The third-order valence-corrected chi connectivity index (χ3v) is 3.86. The maximum atomic E-state index is 11.9. The number of benzene rings is 1. The molecule has 0 spiro atoms. The molecule has 100 valence electrons. The molecule has 1 aliphatic carbocycles. The van der Waals surface area contributed by atoms with Gasteiger partial charge in [-0.05, 0) is 30.9 Å². The summed E-state index contributed by atoms with van der Waals surface area (Å²) in [6.07, 6.45) is 7.12. The summed E-state index contributed by atoms with van der Waals surface area (Å²) in [7, 11) is 1.95. The lowest BCUT2D eigenvalue weighted by Crippen LogP contribution is -2.12. The van der Waals surface area contributed by atoms with Crippen LogP contribution in [0.2, 0.25) is 0 Å². The van der Waals surface area contributed by atoms with E-state index in [1.807, 2.05) is 29.8 Å². The van der Waals surface area contributed by atoms with Crippen LogP contribution in [0.5, 0.6) is 5.75 Å². The summed E-state index contributed by atoms with van der Waals surface area (Å²) in [4.78, 5) is 16.1. The van der Waals surface area contributed by atoms with E-state index in [0.717, 1.165) is 23.9 Å². The summed E-state index contributed by atoms with van der Waals surface area (Å²) in [6.45, 7) is 0. The van der Waals surface area contributed by atoms with Gasteiger partial charge in [0, 0.05) is 19.5 Å². The highest BCUT2D eigenvalue weighted by Gasteiger charge is 2.19. The average molecular weight is 258 g/mol. The molecule has 0 aliphatic heterocycles. The van der Waals surface area contributed by atoms with Gasteiger partial charge in [-0.25, -0.2) is 4.98 Å². The number of carbonyl (C=O) groups is 1. The predicted octanol–water partition coefficient (Wildman–Crippen LogP) is 3.06. The molecule has 3 rings (SSSR count). The first kappa shape index (κ1) is 12.2. The molecular weight excluding hydrogens is 240 g/mol. The zero-order chi connectivity index (χ0) is 13.2. The summed E-state index contributed by atoms with van der Waals surface area (Å²) in [6, 6.07) is 5.58. The Morgan fingerprint density at radius 3 is 3.00 bits per heavy atom. The Morgan fingerprint density at radius 1 is 1.42 bits per heavy atom. The molecule has 0 unspecified atom stereocenters. The van der Waals surface area contributed by atoms with Crippen molar-refractivity contribution < 1.29 is 9.53 Å². The second-order valence-corrected chi connectivity index (χ2v) is 5.33. The molecule has 0 amide bonds. The van der Waals surface area contributed by atoms with Gasteiger partial charge in [-0.15, -0.1) is 0 Å². The molecule has 0 N–H and O–H groups in total.